The van der Waals surface area contributed by atoms with Crippen LogP contribution in [0.2, 0.25) is 0 Å². The third-order valence-electron chi connectivity index (χ3n) is 4.80. The van der Waals surface area contributed by atoms with E-state index in [1.165, 1.54) is 29.5 Å². The van der Waals surface area contributed by atoms with Crippen molar-refractivity contribution >= 4 is 34.2 Å². The molecule has 0 aliphatic carbocycles. The summed E-state index contributed by atoms with van der Waals surface area (Å²) in [5.41, 5.74) is 0. The second-order valence-corrected chi connectivity index (χ2v) is 8.62. The topological polar surface area (TPSA) is 52.7 Å². The van der Waals surface area contributed by atoms with Crippen molar-refractivity contribution in [2.24, 2.45) is 5.92 Å². The molecule has 0 aromatic carbocycles. The Balaban J connectivity index is 1.56. The van der Waals surface area contributed by atoms with Crippen molar-refractivity contribution in [3.8, 4) is 0 Å². The fourth-order valence-electron chi connectivity index (χ4n) is 3.24. The minimum atomic E-state index is -0.0576. The van der Waals surface area contributed by atoms with Gasteiger partial charge in [-0.2, -0.15) is 0 Å². The molecule has 0 saturated carbocycles. The molecule has 1 N–H and O–H groups in total. The average molecular weight is 368 g/mol. The van der Waals surface area contributed by atoms with E-state index in [1.807, 2.05) is 0 Å². The van der Waals surface area contributed by atoms with Crippen LogP contribution in [0.25, 0.3) is 0 Å². The first-order valence-corrected chi connectivity index (χ1v) is 10.5. The summed E-state index contributed by atoms with van der Waals surface area (Å²) in [4.78, 5) is 29.3. The van der Waals surface area contributed by atoms with Crippen LogP contribution in [-0.2, 0) is 4.79 Å². The van der Waals surface area contributed by atoms with Gasteiger partial charge in [0.25, 0.3) is 5.24 Å². The Hall–Kier alpha value is -1.05. The molecule has 7 heteroatoms. The molecule has 3 rings (SSSR count). The molecule has 0 spiro atoms. The van der Waals surface area contributed by atoms with Crippen LogP contribution in [-0.4, -0.2) is 59.4 Å². The molecule has 2 amide bonds. The number of hydrogen-bond donors (Lipinski definition) is 1. The molecule has 1 aromatic rings. The van der Waals surface area contributed by atoms with Gasteiger partial charge in [0.1, 0.15) is 6.54 Å². The second kappa shape index (κ2) is 8.36. The zero-order valence-corrected chi connectivity index (χ0v) is 15.7. The van der Waals surface area contributed by atoms with Gasteiger partial charge < -0.3 is 10.2 Å². The summed E-state index contributed by atoms with van der Waals surface area (Å²) in [6.07, 6.45) is 2.44. The summed E-state index contributed by atoms with van der Waals surface area (Å²) >= 11 is 3.04. The highest BCUT2D eigenvalue weighted by molar-refractivity contribution is 8.13. The Morgan fingerprint density at radius 2 is 2.17 bits per heavy atom. The first-order chi connectivity index (χ1) is 11.6. The summed E-state index contributed by atoms with van der Waals surface area (Å²) in [5, 5.41) is 5.16. The summed E-state index contributed by atoms with van der Waals surface area (Å²) in [7, 11) is 0. The van der Waals surface area contributed by atoms with Crippen LogP contribution in [0.1, 0.15) is 30.7 Å². The van der Waals surface area contributed by atoms with Crippen LogP contribution in [0.3, 0.4) is 0 Å². The van der Waals surface area contributed by atoms with E-state index < -0.39 is 0 Å². The number of thioether (sulfide) groups is 1. The van der Waals surface area contributed by atoms with E-state index in [4.69, 9.17) is 0 Å². The van der Waals surface area contributed by atoms with Gasteiger partial charge in [0.2, 0.25) is 5.91 Å². The molecule has 132 valence electrons. The number of rotatable bonds is 6. The molecule has 1 atom stereocenters. The lowest BCUT2D eigenvalue weighted by Crippen LogP contribution is -2.44. The Labute approximate surface area is 151 Å². The lowest BCUT2D eigenvalue weighted by molar-refractivity contribution is -0.121. The van der Waals surface area contributed by atoms with E-state index in [9.17, 15) is 9.59 Å². The highest BCUT2D eigenvalue weighted by atomic mass is 32.2. The zero-order chi connectivity index (χ0) is 16.9. The minimum Gasteiger partial charge on any atom is -0.353 e. The van der Waals surface area contributed by atoms with Gasteiger partial charge in [0, 0.05) is 23.7 Å². The Bertz CT molecular complexity index is 556. The molecule has 3 heterocycles. The number of amides is 2. The number of carbonyl (C=O) groups is 2. The number of nitrogens with one attached hydrogen (secondary N) is 1. The van der Waals surface area contributed by atoms with Gasteiger partial charge >= 0.3 is 0 Å². The molecule has 0 radical (unpaired) electrons. The fraction of sp³-hybridized carbons (Fsp3) is 0.647. The average Bonchev–Trinajstić information content (AvgIpc) is 3.22. The molecule has 2 saturated heterocycles. The molecule has 5 nitrogen and oxygen atoms in total. The number of piperidine rings is 1. The number of carbonyl (C=O) groups excluding carboxylic acids is 2. The van der Waals surface area contributed by atoms with Crippen molar-refractivity contribution < 1.29 is 9.59 Å². The maximum atomic E-state index is 12.2. The highest BCUT2D eigenvalue weighted by Crippen LogP contribution is 2.29. The van der Waals surface area contributed by atoms with Crippen LogP contribution in [0, 0.1) is 5.92 Å². The SMILES string of the molecule is CC1CCN(C(CNC(=O)CN2CCSC2=O)c2cccs2)CC1. The van der Waals surface area contributed by atoms with Crippen molar-refractivity contribution in [1.82, 2.24) is 15.1 Å². The molecule has 1 aromatic heterocycles. The van der Waals surface area contributed by atoms with Crippen LogP contribution < -0.4 is 5.32 Å². The predicted molar refractivity (Wildman–Crippen MR) is 99.5 cm³/mol. The predicted octanol–water partition coefficient (Wildman–Crippen LogP) is 2.81. The molecule has 1 unspecified atom stereocenters. The number of thiophene rings is 1. The van der Waals surface area contributed by atoms with Gasteiger partial charge in [-0.05, 0) is 43.3 Å². The van der Waals surface area contributed by atoms with Gasteiger partial charge in [-0.1, -0.05) is 24.8 Å². The largest absolute Gasteiger partial charge is 0.353 e. The van der Waals surface area contributed by atoms with E-state index in [-0.39, 0.29) is 23.7 Å². The van der Waals surface area contributed by atoms with Crippen molar-refractivity contribution in [1.29, 1.82) is 0 Å². The summed E-state index contributed by atoms with van der Waals surface area (Å²) in [6, 6.07) is 4.46. The maximum Gasteiger partial charge on any atom is 0.282 e. The standard InChI is InChI=1S/C17H25N3O2S2/c1-13-4-6-19(7-5-13)14(15-3-2-9-23-15)11-18-16(21)12-20-8-10-24-17(20)22/h2-3,9,13-14H,4-8,10-12H2,1H3,(H,18,21). The van der Waals surface area contributed by atoms with E-state index in [1.54, 1.807) is 16.2 Å². The van der Waals surface area contributed by atoms with Crippen molar-refractivity contribution in [3.05, 3.63) is 22.4 Å². The lowest BCUT2D eigenvalue weighted by Gasteiger charge is -2.36. The summed E-state index contributed by atoms with van der Waals surface area (Å²) in [5.74, 6) is 1.52. The molecule has 2 fully saturated rings. The first kappa shape index (κ1) is 17.8. The molecular formula is C17H25N3O2S2. The molecule has 0 bridgehead atoms. The quantitative estimate of drug-likeness (QED) is 0.840. The first-order valence-electron chi connectivity index (χ1n) is 8.59. The van der Waals surface area contributed by atoms with Crippen LogP contribution in [0.5, 0.6) is 0 Å². The van der Waals surface area contributed by atoms with E-state index in [0.717, 1.165) is 24.8 Å². The molecule has 2 aliphatic heterocycles. The normalized spacial score (nSPS) is 21.2. The van der Waals surface area contributed by atoms with E-state index >= 15 is 0 Å². The Morgan fingerprint density at radius 1 is 1.38 bits per heavy atom. The maximum absolute atomic E-state index is 12.2. The van der Waals surface area contributed by atoms with Gasteiger partial charge in [0.15, 0.2) is 0 Å². The molecule has 24 heavy (non-hydrogen) atoms. The van der Waals surface area contributed by atoms with Gasteiger partial charge in [-0.15, -0.1) is 11.3 Å². The van der Waals surface area contributed by atoms with Crippen LogP contribution in [0.15, 0.2) is 17.5 Å². The van der Waals surface area contributed by atoms with Crippen LogP contribution in [0.4, 0.5) is 4.79 Å². The number of nitrogens with zero attached hydrogens (tertiary/aromatic N) is 2. The monoisotopic (exact) mass is 367 g/mol. The number of hydrogen-bond acceptors (Lipinski definition) is 5. The lowest BCUT2D eigenvalue weighted by atomic mass is 9.97. The smallest absolute Gasteiger partial charge is 0.282 e. The van der Waals surface area contributed by atoms with Crippen molar-refractivity contribution in [3.63, 3.8) is 0 Å². The van der Waals surface area contributed by atoms with Gasteiger partial charge in [-0.3, -0.25) is 14.5 Å². The highest BCUT2D eigenvalue weighted by Gasteiger charge is 2.27. The third-order valence-corrected chi connectivity index (χ3v) is 6.67. The van der Waals surface area contributed by atoms with Crippen molar-refractivity contribution in [2.45, 2.75) is 25.8 Å². The van der Waals surface area contributed by atoms with Crippen LogP contribution >= 0.6 is 23.1 Å². The third kappa shape index (κ3) is 4.52. The number of likely N-dealkylation sites (tertiary alicyclic amines) is 1. The fourth-order valence-corrected chi connectivity index (χ4v) is 4.93. The van der Waals surface area contributed by atoms with Gasteiger partial charge in [0.05, 0.1) is 6.04 Å². The second-order valence-electron chi connectivity index (χ2n) is 6.59. The molecule has 2 aliphatic rings. The zero-order valence-electron chi connectivity index (χ0n) is 14.1. The van der Waals surface area contributed by atoms with Gasteiger partial charge in [-0.25, -0.2) is 0 Å². The Morgan fingerprint density at radius 3 is 2.79 bits per heavy atom. The molecular weight excluding hydrogens is 342 g/mol. The van der Waals surface area contributed by atoms with E-state index in [0.29, 0.717) is 13.1 Å². The summed E-state index contributed by atoms with van der Waals surface area (Å²) < 4.78 is 0. The summed E-state index contributed by atoms with van der Waals surface area (Å²) in [6.45, 7) is 5.95. The van der Waals surface area contributed by atoms with Crippen molar-refractivity contribution in [2.75, 3.05) is 38.5 Å². The Kier molecular flexibility index (Phi) is 6.19. The minimum absolute atomic E-state index is 0.0185. The van der Waals surface area contributed by atoms with E-state index in [2.05, 4.69) is 34.7 Å².